The fourth-order valence-corrected chi connectivity index (χ4v) is 2.97. The first-order chi connectivity index (χ1) is 11.0. The van der Waals surface area contributed by atoms with Gasteiger partial charge in [-0.1, -0.05) is 0 Å². The number of amides is 1. The predicted octanol–water partition coefficient (Wildman–Crippen LogP) is -0.340. The van der Waals surface area contributed by atoms with Crippen molar-refractivity contribution in [3.05, 3.63) is 24.2 Å². The van der Waals surface area contributed by atoms with Gasteiger partial charge in [0, 0.05) is 32.0 Å². The van der Waals surface area contributed by atoms with Gasteiger partial charge in [0.1, 0.15) is 5.52 Å². The SMILES string of the molecule is Cc1cc2c(N3CCOC(CN(C)CC(N)=O)C3)nccn2n1. The van der Waals surface area contributed by atoms with Crippen LogP contribution in [0.15, 0.2) is 18.5 Å². The Morgan fingerprint density at radius 1 is 1.57 bits per heavy atom. The smallest absolute Gasteiger partial charge is 0.231 e. The van der Waals surface area contributed by atoms with Gasteiger partial charge in [0.2, 0.25) is 5.91 Å². The zero-order valence-electron chi connectivity index (χ0n) is 13.5. The van der Waals surface area contributed by atoms with Gasteiger partial charge in [-0.25, -0.2) is 9.50 Å². The molecule has 0 spiro atoms. The molecule has 0 aliphatic carbocycles. The molecule has 23 heavy (non-hydrogen) atoms. The van der Waals surface area contributed by atoms with Crippen molar-refractivity contribution in [3.63, 3.8) is 0 Å². The van der Waals surface area contributed by atoms with Crippen molar-refractivity contribution in [3.8, 4) is 0 Å². The molecule has 8 nitrogen and oxygen atoms in total. The van der Waals surface area contributed by atoms with Crippen LogP contribution in [-0.4, -0.2) is 71.3 Å². The molecule has 2 N–H and O–H groups in total. The first-order valence-corrected chi connectivity index (χ1v) is 7.67. The summed E-state index contributed by atoms with van der Waals surface area (Å²) in [6.07, 6.45) is 3.63. The summed E-state index contributed by atoms with van der Waals surface area (Å²) >= 11 is 0. The van der Waals surface area contributed by atoms with Gasteiger partial charge in [-0.3, -0.25) is 9.69 Å². The third kappa shape index (κ3) is 3.59. The van der Waals surface area contributed by atoms with Gasteiger partial charge in [0.05, 0.1) is 24.9 Å². The molecule has 3 heterocycles. The quantitative estimate of drug-likeness (QED) is 0.811. The molecule has 0 bridgehead atoms. The van der Waals surface area contributed by atoms with E-state index in [0.29, 0.717) is 13.2 Å². The Kier molecular flexibility index (Phi) is 4.44. The Labute approximate surface area is 134 Å². The summed E-state index contributed by atoms with van der Waals surface area (Å²) in [4.78, 5) is 19.6. The van der Waals surface area contributed by atoms with Gasteiger partial charge in [0.25, 0.3) is 0 Å². The molecule has 8 heteroatoms. The minimum atomic E-state index is -0.332. The molecule has 1 aliphatic heterocycles. The number of hydrogen-bond donors (Lipinski definition) is 1. The highest BCUT2D eigenvalue weighted by molar-refractivity contribution is 5.75. The summed E-state index contributed by atoms with van der Waals surface area (Å²) in [5, 5.41) is 4.43. The number of aryl methyl sites for hydroxylation is 1. The van der Waals surface area contributed by atoms with E-state index in [1.165, 1.54) is 0 Å². The number of carbonyl (C=O) groups excluding carboxylic acids is 1. The van der Waals surface area contributed by atoms with Gasteiger partial charge in [-0.15, -0.1) is 0 Å². The van der Waals surface area contributed by atoms with Crippen LogP contribution in [0.5, 0.6) is 0 Å². The van der Waals surface area contributed by atoms with E-state index in [9.17, 15) is 4.79 Å². The number of primary amides is 1. The molecule has 0 aromatic carbocycles. The molecule has 1 atom stereocenters. The van der Waals surface area contributed by atoms with Gasteiger partial charge < -0.3 is 15.4 Å². The average molecular weight is 318 g/mol. The number of aromatic nitrogens is 3. The van der Waals surface area contributed by atoms with Crippen molar-refractivity contribution in [1.29, 1.82) is 0 Å². The monoisotopic (exact) mass is 318 g/mol. The Morgan fingerprint density at radius 3 is 3.17 bits per heavy atom. The molecule has 0 saturated carbocycles. The standard InChI is InChI=1S/C15H22N6O2/c1-11-7-13-15(17-3-4-21(13)18-11)20-5-6-23-12(9-20)8-19(2)10-14(16)22/h3-4,7,12H,5-6,8-10H2,1-2H3,(H2,16,22). The van der Waals surface area contributed by atoms with Gasteiger partial charge in [0.15, 0.2) is 5.82 Å². The van der Waals surface area contributed by atoms with Crippen LogP contribution in [0.1, 0.15) is 5.69 Å². The van der Waals surface area contributed by atoms with Crippen LogP contribution in [0.25, 0.3) is 5.52 Å². The van der Waals surface area contributed by atoms with E-state index in [2.05, 4.69) is 15.0 Å². The molecule has 1 aliphatic rings. The number of ether oxygens (including phenoxy) is 1. The maximum Gasteiger partial charge on any atom is 0.231 e. The fourth-order valence-electron chi connectivity index (χ4n) is 2.97. The van der Waals surface area contributed by atoms with E-state index in [1.54, 1.807) is 6.20 Å². The minimum Gasteiger partial charge on any atom is -0.373 e. The van der Waals surface area contributed by atoms with Crippen molar-refractivity contribution in [1.82, 2.24) is 19.5 Å². The van der Waals surface area contributed by atoms with Crippen LogP contribution in [-0.2, 0) is 9.53 Å². The topological polar surface area (TPSA) is 89.0 Å². The largest absolute Gasteiger partial charge is 0.373 e. The van der Waals surface area contributed by atoms with Crippen molar-refractivity contribution in [2.75, 3.05) is 44.7 Å². The summed E-state index contributed by atoms with van der Waals surface area (Å²) in [6, 6.07) is 2.03. The number of nitrogens with two attached hydrogens (primary N) is 1. The molecule has 2 aromatic heterocycles. The second-order valence-electron chi connectivity index (χ2n) is 5.97. The molecular formula is C15H22N6O2. The van der Waals surface area contributed by atoms with Crippen LogP contribution in [0.2, 0.25) is 0 Å². The molecule has 0 radical (unpaired) electrons. The highest BCUT2D eigenvalue weighted by Gasteiger charge is 2.24. The lowest BCUT2D eigenvalue weighted by Gasteiger charge is -2.35. The average Bonchev–Trinajstić information content (AvgIpc) is 2.86. The second kappa shape index (κ2) is 6.51. The van der Waals surface area contributed by atoms with Crippen molar-refractivity contribution < 1.29 is 9.53 Å². The number of hydrogen-bond acceptors (Lipinski definition) is 6. The Hall–Kier alpha value is -2.19. The number of fused-ring (bicyclic) bond motifs is 1. The van der Waals surface area contributed by atoms with E-state index in [-0.39, 0.29) is 18.6 Å². The van der Waals surface area contributed by atoms with E-state index in [4.69, 9.17) is 10.5 Å². The highest BCUT2D eigenvalue weighted by atomic mass is 16.5. The maximum absolute atomic E-state index is 11.0. The van der Waals surface area contributed by atoms with Gasteiger partial charge >= 0.3 is 0 Å². The first-order valence-electron chi connectivity index (χ1n) is 7.67. The van der Waals surface area contributed by atoms with Crippen LogP contribution in [0.4, 0.5) is 5.82 Å². The van der Waals surface area contributed by atoms with E-state index in [0.717, 1.165) is 30.1 Å². The third-order valence-electron chi connectivity index (χ3n) is 3.87. The van der Waals surface area contributed by atoms with Crippen LogP contribution in [0, 0.1) is 6.92 Å². The highest BCUT2D eigenvalue weighted by Crippen LogP contribution is 2.21. The summed E-state index contributed by atoms with van der Waals surface area (Å²) in [7, 11) is 1.87. The number of rotatable bonds is 5. The summed E-state index contributed by atoms with van der Waals surface area (Å²) in [5.41, 5.74) is 7.19. The zero-order chi connectivity index (χ0) is 16.4. The van der Waals surface area contributed by atoms with Crippen molar-refractivity contribution in [2.45, 2.75) is 13.0 Å². The molecule has 1 amide bonds. The number of likely N-dealkylation sites (N-methyl/N-ethyl adjacent to an activating group) is 1. The van der Waals surface area contributed by atoms with Crippen LogP contribution in [0.3, 0.4) is 0 Å². The van der Waals surface area contributed by atoms with Crippen LogP contribution < -0.4 is 10.6 Å². The normalized spacial score (nSPS) is 18.7. The molecule has 1 saturated heterocycles. The van der Waals surface area contributed by atoms with E-state index in [1.807, 2.05) is 35.6 Å². The molecule has 1 unspecified atom stereocenters. The lowest BCUT2D eigenvalue weighted by atomic mass is 10.2. The van der Waals surface area contributed by atoms with E-state index >= 15 is 0 Å². The number of carbonyl (C=O) groups is 1. The summed E-state index contributed by atoms with van der Waals surface area (Å²) in [6.45, 7) is 4.99. The Morgan fingerprint density at radius 2 is 2.39 bits per heavy atom. The molecule has 2 aromatic rings. The Balaban J connectivity index is 1.73. The summed E-state index contributed by atoms with van der Waals surface area (Å²) < 4.78 is 7.66. The number of morpholine rings is 1. The van der Waals surface area contributed by atoms with Crippen molar-refractivity contribution in [2.24, 2.45) is 5.73 Å². The fraction of sp³-hybridized carbons (Fsp3) is 0.533. The molecule has 3 rings (SSSR count). The number of anilines is 1. The molecule has 1 fully saturated rings. The Bertz CT molecular complexity index is 700. The minimum absolute atomic E-state index is 0.0131. The first kappa shape index (κ1) is 15.7. The predicted molar refractivity (Wildman–Crippen MR) is 86.4 cm³/mol. The van der Waals surface area contributed by atoms with Gasteiger partial charge in [-0.05, 0) is 20.0 Å². The molecular weight excluding hydrogens is 296 g/mol. The number of nitrogens with zero attached hydrogens (tertiary/aromatic N) is 5. The lowest BCUT2D eigenvalue weighted by Crippen LogP contribution is -2.48. The lowest BCUT2D eigenvalue weighted by molar-refractivity contribution is -0.119. The second-order valence-corrected chi connectivity index (χ2v) is 5.97. The maximum atomic E-state index is 11.0. The van der Waals surface area contributed by atoms with Crippen LogP contribution >= 0.6 is 0 Å². The van der Waals surface area contributed by atoms with E-state index < -0.39 is 0 Å². The third-order valence-corrected chi connectivity index (χ3v) is 3.87. The van der Waals surface area contributed by atoms with Crippen molar-refractivity contribution >= 4 is 17.2 Å². The zero-order valence-corrected chi connectivity index (χ0v) is 13.5. The van der Waals surface area contributed by atoms with Gasteiger partial charge in [-0.2, -0.15) is 5.10 Å². The summed E-state index contributed by atoms with van der Waals surface area (Å²) in [5.74, 6) is 0.584. The molecule has 124 valence electrons.